The highest BCUT2D eigenvalue weighted by atomic mass is 35.5. The maximum Gasteiger partial charge on any atom is 0.416 e. The van der Waals surface area contributed by atoms with Gasteiger partial charge < -0.3 is 21.3 Å². The molecule has 2 aromatic carbocycles. The second-order valence-corrected chi connectivity index (χ2v) is 6.43. The number of nitrogens with zero attached hydrogens (tertiary/aromatic N) is 1. The molecule has 0 fully saturated rings. The maximum absolute atomic E-state index is 13.0. The summed E-state index contributed by atoms with van der Waals surface area (Å²) in [4.78, 5) is 22.9. The van der Waals surface area contributed by atoms with E-state index in [1.165, 1.54) is 0 Å². The largest absolute Gasteiger partial charge is 0.486 e. The van der Waals surface area contributed by atoms with E-state index in [1.54, 1.807) is 6.92 Å². The van der Waals surface area contributed by atoms with Gasteiger partial charge >= 0.3 is 11.9 Å². The van der Waals surface area contributed by atoms with Crippen LogP contribution in [0, 0.1) is 10.1 Å². The molecule has 0 heterocycles. The van der Waals surface area contributed by atoms with E-state index in [-0.39, 0.29) is 50.1 Å². The Labute approximate surface area is 179 Å². The number of nitrogens with two attached hydrogens (primary N) is 1. The lowest BCUT2D eigenvalue weighted by atomic mass is 9.97. The lowest BCUT2D eigenvalue weighted by molar-refractivity contribution is -0.386. The summed E-state index contributed by atoms with van der Waals surface area (Å²) in [6.07, 6.45) is -4.63. The van der Waals surface area contributed by atoms with Gasteiger partial charge in [0.2, 0.25) is 11.7 Å². The fourth-order valence-electron chi connectivity index (χ4n) is 2.79. The van der Waals surface area contributed by atoms with E-state index in [1.807, 2.05) is 0 Å². The van der Waals surface area contributed by atoms with Crippen LogP contribution >= 0.6 is 11.6 Å². The molecule has 12 heteroatoms. The summed E-state index contributed by atoms with van der Waals surface area (Å²) in [6.45, 7) is 8.50. The number of amides is 1. The number of carbonyl (C=O) groups is 1. The lowest BCUT2D eigenvalue weighted by Crippen LogP contribution is -2.31. The van der Waals surface area contributed by atoms with Gasteiger partial charge in [-0.05, 0) is 24.3 Å². The quantitative estimate of drug-likeness (QED) is 0.501. The Bertz CT molecular complexity index is 1120. The molecule has 1 amide bonds. The maximum atomic E-state index is 13.0. The van der Waals surface area contributed by atoms with Crippen molar-refractivity contribution in [2.24, 2.45) is 5.73 Å². The molecule has 0 atom stereocenters. The van der Waals surface area contributed by atoms with E-state index < -0.39 is 34.8 Å². The molecular weight excluding hydrogens is 443 g/mol. The lowest BCUT2D eigenvalue weighted by Gasteiger charge is -2.19. The van der Waals surface area contributed by atoms with Gasteiger partial charge in [0.15, 0.2) is 0 Å². The first kappa shape index (κ1) is 25.9. The molecule has 0 saturated carbocycles. The number of benzene rings is 2. The van der Waals surface area contributed by atoms with Gasteiger partial charge in [-0.2, -0.15) is 13.2 Å². The fourth-order valence-corrected chi connectivity index (χ4v) is 3.07. The number of alkyl halides is 3. The van der Waals surface area contributed by atoms with Crippen molar-refractivity contribution in [2.75, 3.05) is 18.5 Å². The average Bonchev–Trinajstić information content (AvgIpc) is 2.65. The van der Waals surface area contributed by atoms with Crippen molar-refractivity contribution < 1.29 is 33.1 Å². The zero-order valence-electron chi connectivity index (χ0n) is 16.2. The van der Waals surface area contributed by atoms with E-state index in [2.05, 4.69) is 18.5 Å². The highest BCUT2D eigenvalue weighted by Crippen LogP contribution is 2.42. The first-order valence-electron chi connectivity index (χ1n) is 8.46. The number of anilines is 1. The van der Waals surface area contributed by atoms with Crippen LogP contribution in [0.15, 0.2) is 18.2 Å². The minimum Gasteiger partial charge on any atom is -0.486 e. The van der Waals surface area contributed by atoms with Gasteiger partial charge in [-0.1, -0.05) is 30.8 Å². The molecule has 0 aliphatic heterocycles. The summed E-state index contributed by atoms with van der Waals surface area (Å²) in [7, 11) is 0. The molecule has 0 aromatic heterocycles. The Balaban J connectivity index is 0.00000480. The van der Waals surface area contributed by atoms with E-state index in [0.29, 0.717) is 6.07 Å². The van der Waals surface area contributed by atoms with Crippen molar-refractivity contribution in [3.05, 3.63) is 49.3 Å². The molecule has 5 N–H and O–H groups in total. The molecule has 0 bridgehead atoms. The number of halogens is 4. The molecular formula is C19H19ClF3N3O5. The minimum atomic E-state index is -4.63. The summed E-state index contributed by atoms with van der Waals surface area (Å²) in [5, 5.41) is 13.6. The third-order valence-corrected chi connectivity index (χ3v) is 4.44. The third kappa shape index (κ3) is 5.13. The van der Waals surface area contributed by atoms with Gasteiger partial charge in [-0.3, -0.25) is 14.9 Å². The molecule has 0 aliphatic rings. The summed E-state index contributed by atoms with van der Waals surface area (Å²) < 4.78 is 44.4. The van der Waals surface area contributed by atoms with Crippen LogP contribution in [-0.2, 0) is 11.0 Å². The van der Waals surface area contributed by atoms with E-state index >= 15 is 0 Å². The van der Waals surface area contributed by atoms with Crippen LogP contribution in [0.4, 0.5) is 24.5 Å². The highest BCUT2D eigenvalue weighted by Gasteiger charge is 2.32. The molecule has 0 unspecified atom stereocenters. The number of nitro benzene ring substituents is 1. The molecule has 0 spiro atoms. The van der Waals surface area contributed by atoms with Crippen molar-refractivity contribution in [3.63, 3.8) is 0 Å². The SMILES string of the molecule is C=c1c(-c2ccc(C(F)(F)F)cc2Cl)c(NC(=O)CN)c(OCC)c([N+](=O)[O-])c1=C.O. The Kier molecular flexibility index (Phi) is 8.16. The van der Waals surface area contributed by atoms with Crippen LogP contribution in [0.1, 0.15) is 12.5 Å². The van der Waals surface area contributed by atoms with E-state index in [9.17, 15) is 28.1 Å². The number of hydrogen-bond acceptors (Lipinski definition) is 5. The van der Waals surface area contributed by atoms with Crippen molar-refractivity contribution in [3.8, 4) is 16.9 Å². The van der Waals surface area contributed by atoms with Crippen LogP contribution in [0.25, 0.3) is 24.3 Å². The van der Waals surface area contributed by atoms with Crippen molar-refractivity contribution in [2.45, 2.75) is 13.1 Å². The summed E-state index contributed by atoms with van der Waals surface area (Å²) in [6, 6.07) is 2.57. The molecule has 31 heavy (non-hydrogen) atoms. The first-order valence-corrected chi connectivity index (χ1v) is 8.83. The van der Waals surface area contributed by atoms with E-state index in [4.69, 9.17) is 22.1 Å². The van der Waals surface area contributed by atoms with Gasteiger partial charge in [0, 0.05) is 16.1 Å². The number of carbonyl (C=O) groups excluding carboxylic acids is 1. The predicted octanol–water partition coefficient (Wildman–Crippen LogP) is 2.23. The second kappa shape index (κ2) is 9.77. The predicted molar refractivity (Wildman–Crippen MR) is 111 cm³/mol. The number of ether oxygens (including phenoxy) is 1. The number of nitro groups is 1. The molecule has 0 radical (unpaired) electrons. The standard InChI is InChI=1S/C19H17ClF3N3O4.H2O/c1-4-30-18-16(25-14(27)8-24)15(9(2)10(3)17(18)26(28)29)12-6-5-11(7-13(12)20)19(21,22)23;/h5-7H,2-4,8,24H2,1H3,(H,25,27);1H2. The average molecular weight is 462 g/mol. The minimum absolute atomic E-state index is 0. The monoisotopic (exact) mass is 461 g/mol. The van der Waals surface area contributed by atoms with Crippen molar-refractivity contribution >= 4 is 42.0 Å². The van der Waals surface area contributed by atoms with Gasteiger partial charge in [-0.25, -0.2) is 0 Å². The highest BCUT2D eigenvalue weighted by molar-refractivity contribution is 6.33. The number of rotatable bonds is 6. The Hall–Kier alpha value is -3.15. The topological polar surface area (TPSA) is 139 Å². The Morgan fingerprint density at radius 3 is 2.39 bits per heavy atom. The molecule has 0 aliphatic carbocycles. The fraction of sp³-hybridized carbons (Fsp3) is 0.211. The zero-order valence-corrected chi connectivity index (χ0v) is 17.0. The van der Waals surface area contributed by atoms with Gasteiger partial charge in [-0.15, -0.1) is 0 Å². The molecule has 2 rings (SSSR count). The molecule has 168 valence electrons. The summed E-state index contributed by atoms with van der Waals surface area (Å²) in [5.41, 5.74) is 3.70. The third-order valence-electron chi connectivity index (χ3n) is 4.13. The number of hydrogen-bond donors (Lipinski definition) is 2. The van der Waals surface area contributed by atoms with Crippen LogP contribution in [0.5, 0.6) is 5.75 Å². The first-order chi connectivity index (χ1) is 13.9. The van der Waals surface area contributed by atoms with Gasteiger partial charge in [0.25, 0.3) is 0 Å². The van der Waals surface area contributed by atoms with Gasteiger partial charge in [0.1, 0.15) is 0 Å². The normalized spacial score (nSPS) is 10.9. The van der Waals surface area contributed by atoms with Crippen LogP contribution in [-0.4, -0.2) is 29.5 Å². The Morgan fingerprint density at radius 2 is 1.94 bits per heavy atom. The van der Waals surface area contributed by atoms with Crippen LogP contribution < -0.4 is 26.2 Å². The Morgan fingerprint density at radius 1 is 1.32 bits per heavy atom. The zero-order chi connectivity index (χ0) is 22.8. The summed E-state index contributed by atoms with van der Waals surface area (Å²) in [5.74, 6) is -1.04. The smallest absolute Gasteiger partial charge is 0.416 e. The van der Waals surface area contributed by atoms with Crippen LogP contribution in [0.2, 0.25) is 5.02 Å². The van der Waals surface area contributed by atoms with Crippen molar-refractivity contribution in [1.82, 2.24) is 0 Å². The molecule has 2 aromatic rings. The molecule has 8 nitrogen and oxygen atoms in total. The van der Waals surface area contributed by atoms with Crippen molar-refractivity contribution in [1.29, 1.82) is 0 Å². The second-order valence-electron chi connectivity index (χ2n) is 6.02. The number of nitrogens with one attached hydrogen (secondary N) is 1. The van der Waals surface area contributed by atoms with Gasteiger partial charge in [0.05, 0.1) is 34.5 Å². The summed E-state index contributed by atoms with van der Waals surface area (Å²) >= 11 is 6.11. The molecule has 0 saturated heterocycles. The van der Waals surface area contributed by atoms with Crippen LogP contribution in [0.3, 0.4) is 0 Å². The van der Waals surface area contributed by atoms with E-state index in [0.717, 1.165) is 12.1 Å².